The molecule has 1 amide bonds. The molecule has 8 heteroatoms. The topological polar surface area (TPSA) is 102 Å². The molecule has 0 spiro atoms. The van der Waals surface area contributed by atoms with Crippen LogP contribution in [0.5, 0.6) is 0 Å². The Morgan fingerprint density at radius 2 is 1.89 bits per heavy atom. The van der Waals surface area contributed by atoms with Crippen LogP contribution in [0.1, 0.15) is 24.0 Å². The van der Waals surface area contributed by atoms with Crippen LogP contribution < -0.4 is 11.1 Å². The molecule has 0 saturated carbocycles. The number of rotatable bonds is 7. The van der Waals surface area contributed by atoms with Gasteiger partial charge in [0.25, 0.3) is 0 Å². The van der Waals surface area contributed by atoms with Crippen molar-refractivity contribution in [3.8, 4) is 0 Å². The van der Waals surface area contributed by atoms with Crippen molar-refractivity contribution in [3.63, 3.8) is 0 Å². The first-order valence-corrected chi connectivity index (χ1v) is 12.2. The predicted octanol–water partition coefficient (Wildman–Crippen LogP) is 4.22. The summed E-state index contributed by atoms with van der Waals surface area (Å²) in [6.45, 7) is 2.29. The van der Waals surface area contributed by atoms with E-state index in [4.69, 9.17) is 5.73 Å². The highest BCUT2D eigenvalue weighted by Gasteiger charge is 2.28. The van der Waals surface area contributed by atoms with Crippen LogP contribution in [-0.4, -0.2) is 43.1 Å². The number of primary amides is 1. The largest absolute Gasteiger partial charge is 0.368 e. The van der Waals surface area contributed by atoms with Gasteiger partial charge >= 0.3 is 0 Å². The van der Waals surface area contributed by atoms with E-state index >= 15 is 0 Å². The molecule has 1 atom stereocenters. The zero-order chi connectivity index (χ0) is 24.5. The number of carbonyl (C=O) groups excluding carboxylic acids is 1. The van der Waals surface area contributed by atoms with E-state index in [-0.39, 0.29) is 11.9 Å². The first kappa shape index (κ1) is 22.2. The summed E-state index contributed by atoms with van der Waals surface area (Å²) >= 11 is 0. The summed E-state index contributed by atoms with van der Waals surface area (Å²) in [5.74, 6) is 0.503. The summed E-state index contributed by atoms with van der Waals surface area (Å²) < 4.78 is 2.01. The molecule has 6 rings (SSSR count). The fourth-order valence-corrected chi connectivity index (χ4v) is 5.06. The highest BCUT2D eigenvalue weighted by atomic mass is 16.1. The second-order valence-electron chi connectivity index (χ2n) is 9.29. The van der Waals surface area contributed by atoms with Gasteiger partial charge in [-0.1, -0.05) is 36.4 Å². The van der Waals surface area contributed by atoms with Gasteiger partial charge in [-0.25, -0.2) is 9.97 Å². The average molecular weight is 478 g/mol. The second-order valence-corrected chi connectivity index (χ2v) is 9.29. The molecule has 180 valence electrons. The van der Waals surface area contributed by atoms with E-state index in [2.05, 4.69) is 61.7 Å². The van der Waals surface area contributed by atoms with Crippen molar-refractivity contribution in [3.05, 3.63) is 90.4 Å². The van der Waals surface area contributed by atoms with E-state index in [9.17, 15) is 4.79 Å². The summed E-state index contributed by atoms with van der Waals surface area (Å²) in [6.07, 6.45) is 5.29. The van der Waals surface area contributed by atoms with E-state index in [0.29, 0.717) is 6.54 Å². The second kappa shape index (κ2) is 9.39. The first-order valence-electron chi connectivity index (χ1n) is 12.2. The van der Waals surface area contributed by atoms with Gasteiger partial charge in [0.05, 0.1) is 29.8 Å². The van der Waals surface area contributed by atoms with Gasteiger partial charge in [0.1, 0.15) is 12.1 Å². The zero-order valence-corrected chi connectivity index (χ0v) is 19.8. The molecule has 1 saturated heterocycles. The number of amides is 1. The number of hydrogen-bond acceptors (Lipinski definition) is 6. The normalized spacial score (nSPS) is 16.1. The van der Waals surface area contributed by atoms with Crippen LogP contribution in [0, 0.1) is 0 Å². The van der Waals surface area contributed by atoms with Crippen molar-refractivity contribution in [1.82, 2.24) is 24.6 Å². The summed E-state index contributed by atoms with van der Waals surface area (Å²) in [5, 5.41) is 10.0. The molecule has 0 aliphatic carbocycles. The number of nitrogens with zero attached hydrogens (tertiary/aromatic N) is 5. The van der Waals surface area contributed by atoms with Gasteiger partial charge in [-0.3, -0.25) is 14.4 Å². The van der Waals surface area contributed by atoms with Crippen molar-refractivity contribution in [2.45, 2.75) is 32.0 Å². The Morgan fingerprint density at radius 3 is 2.75 bits per heavy atom. The molecule has 8 nitrogen and oxygen atoms in total. The smallest absolute Gasteiger partial charge is 0.234 e. The quantitative estimate of drug-likeness (QED) is 0.364. The summed E-state index contributed by atoms with van der Waals surface area (Å²) in [4.78, 5) is 22.9. The zero-order valence-electron chi connectivity index (χ0n) is 19.8. The van der Waals surface area contributed by atoms with Crippen LogP contribution in [0.3, 0.4) is 0 Å². The lowest BCUT2D eigenvalue weighted by molar-refractivity contribution is -0.122. The molecule has 1 aliphatic rings. The number of hydrogen-bond donors (Lipinski definition) is 2. The first-order chi connectivity index (χ1) is 17.6. The van der Waals surface area contributed by atoms with Crippen LogP contribution in [0.15, 0.2) is 79.3 Å². The molecule has 3 heterocycles. The van der Waals surface area contributed by atoms with Gasteiger partial charge in [-0.15, -0.1) is 0 Å². The number of nitrogens with two attached hydrogens (primary N) is 1. The van der Waals surface area contributed by atoms with Crippen LogP contribution in [0.2, 0.25) is 0 Å². The van der Waals surface area contributed by atoms with E-state index < -0.39 is 0 Å². The number of anilines is 2. The van der Waals surface area contributed by atoms with Crippen molar-refractivity contribution in [1.29, 1.82) is 0 Å². The maximum absolute atomic E-state index is 11.7. The Morgan fingerprint density at radius 1 is 1.00 bits per heavy atom. The van der Waals surface area contributed by atoms with Crippen LogP contribution in [0.25, 0.3) is 21.8 Å². The van der Waals surface area contributed by atoms with Crippen molar-refractivity contribution < 1.29 is 4.79 Å². The molecule has 2 aromatic heterocycles. The summed E-state index contributed by atoms with van der Waals surface area (Å²) in [5.41, 5.74) is 10.8. The molecular weight excluding hydrogens is 450 g/mol. The maximum Gasteiger partial charge on any atom is 0.234 e. The third-order valence-electron chi connectivity index (χ3n) is 6.86. The Kier molecular flexibility index (Phi) is 5.79. The molecule has 5 aromatic rings. The molecule has 0 radical (unpaired) electrons. The number of carbonyl (C=O) groups is 1. The molecule has 3 aromatic carbocycles. The van der Waals surface area contributed by atoms with Crippen molar-refractivity contribution in [2.75, 3.05) is 11.9 Å². The molecule has 1 aliphatic heterocycles. The van der Waals surface area contributed by atoms with Gasteiger partial charge in [0.15, 0.2) is 0 Å². The van der Waals surface area contributed by atoms with Crippen LogP contribution in [-0.2, 0) is 17.9 Å². The monoisotopic (exact) mass is 477 g/mol. The average Bonchev–Trinajstić information content (AvgIpc) is 3.52. The maximum atomic E-state index is 11.7. The summed E-state index contributed by atoms with van der Waals surface area (Å²) in [6, 6.07) is 22.5. The third-order valence-corrected chi connectivity index (χ3v) is 6.86. The fourth-order valence-electron chi connectivity index (χ4n) is 5.06. The van der Waals surface area contributed by atoms with E-state index in [1.165, 1.54) is 5.56 Å². The number of fused-ring (bicyclic) bond motifs is 2. The highest BCUT2D eigenvalue weighted by Crippen LogP contribution is 2.27. The number of likely N-dealkylation sites (tertiary alicyclic amines) is 1. The van der Waals surface area contributed by atoms with E-state index in [1.54, 1.807) is 6.33 Å². The minimum Gasteiger partial charge on any atom is -0.368 e. The highest BCUT2D eigenvalue weighted by molar-refractivity contribution is 5.92. The van der Waals surface area contributed by atoms with E-state index in [0.717, 1.165) is 64.8 Å². The lowest BCUT2D eigenvalue weighted by Gasteiger charge is -2.22. The fraction of sp³-hybridized carbons (Fsp3) is 0.214. The van der Waals surface area contributed by atoms with Gasteiger partial charge in [-0.05, 0) is 60.8 Å². The molecule has 0 unspecified atom stereocenters. The van der Waals surface area contributed by atoms with Gasteiger partial charge < -0.3 is 11.1 Å². The van der Waals surface area contributed by atoms with Crippen LogP contribution >= 0.6 is 0 Å². The third kappa shape index (κ3) is 4.38. The Balaban J connectivity index is 1.22. The Labute approximate surface area is 208 Å². The molecular formula is C28H27N7O. The Hall–Kier alpha value is -4.30. The summed E-state index contributed by atoms with van der Waals surface area (Å²) in [7, 11) is 0. The molecule has 3 N–H and O–H groups in total. The SMILES string of the molecule is NC(=O)[C@@H]1CCCN1Cc1ccc2c(Nc3ccc4c(cnn4Cc4ccccc4)c3)ncnc2c1. The van der Waals surface area contributed by atoms with Gasteiger partial charge in [0, 0.05) is 23.0 Å². The Bertz CT molecular complexity index is 1550. The predicted molar refractivity (Wildman–Crippen MR) is 141 cm³/mol. The number of benzene rings is 3. The standard InChI is InChI=1S/C28H27N7O/c29-27(36)26-7-4-12-34(26)16-20-8-10-23-24(13-20)30-18-31-28(23)33-22-9-11-25-21(14-22)15-32-35(25)17-19-5-2-1-3-6-19/h1-3,5-6,8-11,13-15,18,26H,4,7,12,16-17H2,(H2,29,36)(H,30,31,33)/t26-/m0/s1. The molecule has 1 fully saturated rings. The lowest BCUT2D eigenvalue weighted by Crippen LogP contribution is -2.39. The molecule has 0 bridgehead atoms. The minimum absolute atomic E-state index is 0.185. The van der Waals surface area contributed by atoms with Crippen molar-refractivity contribution >= 4 is 39.2 Å². The van der Waals surface area contributed by atoms with E-state index in [1.807, 2.05) is 41.2 Å². The van der Waals surface area contributed by atoms with Gasteiger partial charge in [-0.2, -0.15) is 5.10 Å². The van der Waals surface area contributed by atoms with Gasteiger partial charge in [0.2, 0.25) is 5.91 Å². The number of nitrogens with one attached hydrogen (secondary N) is 1. The van der Waals surface area contributed by atoms with Crippen LogP contribution in [0.4, 0.5) is 11.5 Å². The number of aromatic nitrogens is 4. The molecule has 36 heavy (non-hydrogen) atoms. The minimum atomic E-state index is -0.246. The van der Waals surface area contributed by atoms with Crippen molar-refractivity contribution in [2.24, 2.45) is 5.73 Å². The lowest BCUT2D eigenvalue weighted by atomic mass is 10.1.